The third-order valence-corrected chi connectivity index (χ3v) is 2.97. The summed E-state index contributed by atoms with van der Waals surface area (Å²) in [5.41, 5.74) is -1.36. The van der Waals surface area contributed by atoms with E-state index < -0.39 is 23.4 Å². The molecule has 1 rings (SSSR count). The molecule has 19 heavy (non-hydrogen) atoms. The average molecular weight is 276 g/mol. The van der Waals surface area contributed by atoms with Gasteiger partial charge in [0, 0.05) is 24.6 Å². The number of rotatable bonds is 5. The van der Waals surface area contributed by atoms with Crippen LogP contribution in [-0.2, 0) is 10.9 Å². The van der Waals surface area contributed by atoms with Gasteiger partial charge in [-0.25, -0.2) is 0 Å². The molecule has 0 spiro atoms. The van der Waals surface area contributed by atoms with Gasteiger partial charge in [0.25, 0.3) is 0 Å². The number of nitrogens with zero attached hydrogens (tertiary/aromatic N) is 1. The lowest BCUT2D eigenvalue weighted by Crippen LogP contribution is -2.41. The van der Waals surface area contributed by atoms with Gasteiger partial charge in [0.1, 0.15) is 0 Å². The van der Waals surface area contributed by atoms with Crippen LogP contribution in [0.15, 0.2) is 18.5 Å². The molecular formula is C13H19F3N2O. The number of likely N-dealkylation sites (N-methyl/N-ethyl adjacent to an activating group) is 1. The van der Waals surface area contributed by atoms with E-state index >= 15 is 0 Å². The Labute approximate surface area is 111 Å². The van der Waals surface area contributed by atoms with Gasteiger partial charge in [-0.05, 0) is 33.9 Å². The number of hydrogen-bond acceptors (Lipinski definition) is 3. The maximum Gasteiger partial charge on any atom is 0.416 e. The van der Waals surface area contributed by atoms with Gasteiger partial charge in [0.05, 0.1) is 17.2 Å². The van der Waals surface area contributed by atoms with Crippen molar-refractivity contribution < 1.29 is 17.9 Å². The summed E-state index contributed by atoms with van der Waals surface area (Å²) >= 11 is 0. The molecule has 0 aliphatic heterocycles. The molecule has 1 atom stereocenters. The van der Waals surface area contributed by atoms with E-state index in [2.05, 4.69) is 10.3 Å². The maximum absolute atomic E-state index is 13.0. The first-order valence-electron chi connectivity index (χ1n) is 6.06. The highest BCUT2D eigenvalue weighted by Crippen LogP contribution is 2.38. The molecule has 1 N–H and O–H groups in total. The summed E-state index contributed by atoms with van der Waals surface area (Å²) in [4.78, 5) is 3.81. The fourth-order valence-electron chi connectivity index (χ4n) is 2.23. The minimum Gasteiger partial charge on any atom is -0.374 e. The van der Waals surface area contributed by atoms with E-state index in [4.69, 9.17) is 4.74 Å². The smallest absolute Gasteiger partial charge is 0.374 e. The second-order valence-electron chi connectivity index (χ2n) is 4.72. The van der Waals surface area contributed by atoms with Gasteiger partial charge in [-0.2, -0.15) is 13.2 Å². The average Bonchev–Trinajstić information content (AvgIpc) is 2.28. The SMILES string of the molecule is CCOC(C)(C)C(NC)c1cnccc1C(F)(F)F. The monoisotopic (exact) mass is 276 g/mol. The van der Waals surface area contributed by atoms with Crippen LogP contribution in [0.5, 0.6) is 0 Å². The second-order valence-corrected chi connectivity index (χ2v) is 4.72. The lowest BCUT2D eigenvalue weighted by Gasteiger charge is -2.35. The minimum absolute atomic E-state index is 0.0935. The van der Waals surface area contributed by atoms with E-state index in [1.165, 1.54) is 6.20 Å². The van der Waals surface area contributed by atoms with E-state index in [0.29, 0.717) is 6.61 Å². The third-order valence-electron chi connectivity index (χ3n) is 2.97. The van der Waals surface area contributed by atoms with Crippen molar-refractivity contribution in [2.45, 2.75) is 38.6 Å². The minimum atomic E-state index is -4.41. The van der Waals surface area contributed by atoms with Crippen molar-refractivity contribution in [3.05, 3.63) is 29.6 Å². The van der Waals surface area contributed by atoms with E-state index in [1.807, 2.05) is 6.92 Å². The van der Waals surface area contributed by atoms with Crippen LogP contribution in [0.4, 0.5) is 13.2 Å². The predicted molar refractivity (Wildman–Crippen MR) is 66.7 cm³/mol. The highest BCUT2D eigenvalue weighted by molar-refractivity contribution is 5.31. The third kappa shape index (κ3) is 3.67. The fraction of sp³-hybridized carbons (Fsp3) is 0.615. The summed E-state index contributed by atoms with van der Waals surface area (Å²) in [5, 5.41) is 2.89. The van der Waals surface area contributed by atoms with E-state index in [9.17, 15) is 13.2 Å². The first kappa shape index (κ1) is 15.9. The summed E-state index contributed by atoms with van der Waals surface area (Å²) in [6.07, 6.45) is -2.02. The van der Waals surface area contributed by atoms with Crippen LogP contribution >= 0.6 is 0 Å². The van der Waals surface area contributed by atoms with Crippen LogP contribution in [0.25, 0.3) is 0 Å². The summed E-state index contributed by atoms with van der Waals surface area (Å²) < 4.78 is 44.6. The molecule has 0 radical (unpaired) electrons. The molecule has 0 aliphatic carbocycles. The molecule has 0 saturated carbocycles. The Morgan fingerprint density at radius 3 is 2.47 bits per heavy atom. The summed E-state index contributed by atoms with van der Waals surface area (Å²) in [6, 6.07) is 0.389. The topological polar surface area (TPSA) is 34.1 Å². The number of pyridine rings is 1. The Morgan fingerprint density at radius 2 is 2.00 bits per heavy atom. The van der Waals surface area contributed by atoms with Crippen LogP contribution in [0.2, 0.25) is 0 Å². The number of aromatic nitrogens is 1. The molecule has 0 fully saturated rings. The molecule has 1 heterocycles. The van der Waals surface area contributed by atoms with Crippen molar-refractivity contribution in [2.75, 3.05) is 13.7 Å². The Kier molecular flexibility index (Phi) is 4.92. The van der Waals surface area contributed by atoms with Crippen molar-refractivity contribution in [2.24, 2.45) is 0 Å². The Bertz CT molecular complexity index is 419. The lowest BCUT2D eigenvalue weighted by molar-refractivity contribution is -0.139. The summed E-state index contributed by atoms with van der Waals surface area (Å²) in [5.74, 6) is 0. The molecule has 1 unspecified atom stereocenters. The highest BCUT2D eigenvalue weighted by Gasteiger charge is 2.39. The molecule has 3 nitrogen and oxygen atoms in total. The molecular weight excluding hydrogens is 257 g/mol. The molecule has 0 saturated heterocycles. The van der Waals surface area contributed by atoms with Crippen LogP contribution in [-0.4, -0.2) is 24.2 Å². The quantitative estimate of drug-likeness (QED) is 0.897. The molecule has 0 amide bonds. The van der Waals surface area contributed by atoms with Gasteiger partial charge < -0.3 is 10.1 Å². The normalized spacial score (nSPS) is 14.5. The summed E-state index contributed by atoms with van der Waals surface area (Å²) in [7, 11) is 1.61. The Morgan fingerprint density at radius 1 is 1.37 bits per heavy atom. The van der Waals surface area contributed by atoms with Gasteiger partial charge in [0.2, 0.25) is 0 Å². The Hall–Kier alpha value is -1.14. The van der Waals surface area contributed by atoms with Crippen LogP contribution < -0.4 is 5.32 Å². The van der Waals surface area contributed by atoms with Gasteiger partial charge in [-0.15, -0.1) is 0 Å². The second kappa shape index (κ2) is 5.88. The van der Waals surface area contributed by atoms with Crippen molar-refractivity contribution >= 4 is 0 Å². The molecule has 108 valence electrons. The summed E-state index contributed by atoms with van der Waals surface area (Å²) in [6.45, 7) is 5.74. The van der Waals surface area contributed by atoms with Crippen LogP contribution in [0.3, 0.4) is 0 Å². The molecule has 0 aromatic carbocycles. The van der Waals surface area contributed by atoms with Gasteiger partial charge in [0.15, 0.2) is 0 Å². The maximum atomic E-state index is 13.0. The van der Waals surface area contributed by atoms with E-state index in [0.717, 1.165) is 12.3 Å². The molecule has 6 heteroatoms. The van der Waals surface area contributed by atoms with E-state index in [-0.39, 0.29) is 5.56 Å². The number of ether oxygens (including phenoxy) is 1. The van der Waals surface area contributed by atoms with Gasteiger partial charge in [-0.1, -0.05) is 0 Å². The van der Waals surface area contributed by atoms with Crippen molar-refractivity contribution in [1.29, 1.82) is 0 Å². The van der Waals surface area contributed by atoms with Crippen LogP contribution in [0.1, 0.15) is 37.9 Å². The number of alkyl halides is 3. The molecule has 0 bridgehead atoms. The first-order valence-corrected chi connectivity index (χ1v) is 6.06. The standard InChI is InChI=1S/C13H19F3N2O/c1-5-19-12(2,3)11(17-4)9-8-18-7-6-10(9)13(14,15)16/h6-8,11,17H,5H2,1-4H3. The molecule has 1 aromatic rings. The van der Waals surface area contributed by atoms with Crippen molar-refractivity contribution in [3.63, 3.8) is 0 Å². The zero-order chi connectivity index (χ0) is 14.7. The van der Waals surface area contributed by atoms with Gasteiger partial charge in [-0.3, -0.25) is 4.98 Å². The Balaban J connectivity index is 3.27. The fourth-order valence-corrected chi connectivity index (χ4v) is 2.23. The van der Waals surface area contributed by atoms with E-state index in [1.54, 1.807) is 20.9 Å². The molecule has 0 aliphatic rings. The zero-order valence-electron chi connectivity index (χ0n) is 11.5. The lowest BCUT2D eigenvalue weighted by atomic mass is 9.89. The van der Waals surface area contributed by atoms with Crippen LogP contribution in [0, 0.1) is 0 Å². The van der Waals surface area contributed by atoms with Gasteiger partial charge >= 0.3 is 6.18 Å². The predicted octanol–water partition coefficient (Wildman–Crippen LogP) is 3.18. The molecule has 1 aromatic heterocycles. The largest absolute Gasteiger partial charge is 0.416 e. The zero-order valence-corrected chi connectivity index (χ0v) is 11.5. The number of nitrogens with one attached hydrogen (secondary N) is 1. The highest BCUT2D eigenvalue weighted by atomic mass is 19.4. The number of halogens is 3. The number of hydrogen-bond donors (Lipinski definition) is 1. The van der Waals surface area contributed by atoms with Crippen molar-refractivity contribution in [3.8, 4) is 0 Å². The first-order chi connectivity index (χ1) is 8.74. The van der Waals surface area contributed by atoms with Crippen molar-refractivity contribution in [1.82, 2.24) is 10.3 Å².